The van der Waals surface area contributed by atoms with E-state index in [2.05, 4.69) is 5.32 Å². The molecule has 5 nitrogen and oxygen atoms in total. The van der Waals surface area contributed by atoms with Crippen LogP contribution in [0, 0.1) is 5.82 Å². The van der Waals surface area contributed by atoms with Crippen molar-refractivity contribution >= 4 is 17.3 Å². The zero-order valence-electron chi connectivity index (χ0n) is 16.2. The molecular formula is C23H21FN2O3. The number of carbonyl (C=O) groups is 1. The third-order valence-corrected chi connectivity index (χ3v) is 4.84. The molecule has 1 unspecified atom stereocenters. The molecule has 0 bridgehead atoms. The molecule has 0 aliphatic carbocycles. The number of nitrogens with one attached hydrogen (secondary N) is 1. The minimum absolute atomic E-state index is 0.181. The van der Waals surface area contributed by atoms with Crippen molar-refractivity contribution < 1.29 is 18.7 Å². The van der Waals surface area contributed by atoms with E-state index >= 15 is 0 Å². The van der Waals surface area contributed by atoms with E-state index in [1.807, 2.05) is 43.3 Å². The van der Waals surface area contributed by atoms with Gasteiger partial charge in [-0.25, -0.2) is 4.39 Å². The van der Waals surface area contributed by atoms with Crippen molar-refractivity contribution in [1.82, 2.24) is 0 Å². The SMILES string of the molecule is CCOc1ccc(OC)c(C2Nc3ccccc3C(=O)N2c2ccc(F)cc2)c1. The van der Waals surface area contributed by atoms with Gasteiger partial charge >= 0.3 is 0 Å². The number of amides is 1. The van der Waals surface area contributed by atoms with Gasteiger partial charge in [-0.05, 0) is 61.5 Å². The van der Waals surface area contributed by atoms with Gasteiger partial charge in [-0.15, -0.1) is 0 Å². The Hall–Kier alpha value is -3.54. The second-order valence-electron chi connectivity index (χ2n) is 6.58. The number of nitrogens with zero attached hydrogens (tertiary/aromatic N) is 1. The van der Waals surface area contributed by atoms with E-state index in [0.29, 0.717) is 29.4 Å². The van der Waals surface area contributed by atoms with Crippen molar-refractivity contribution in [3.8, 4) is 11.5 Å². The average molecular weight is 392 g/mol. The second kappa shape index (κ2) is 7.83. The first kappa shape index (κ1) is 18.8. The van der Waals surface area contributed by atoms with E-state index in [4.69, 9.17) is 9.47 Å². The predicted octanol–water partition coefficient (Wildman–Crippen LogP) is 5.00. The summed E-state index contributed by atoms with van der Waals surface area (Å²) < 4.78 is 24.7. The highest BCUT2D eigenvalue weighted by Crippen LogP contribution is 2.40. The molecule has 1 heterocycles. The van der Waals surface area contributed by atoms with Gasteiger partial charge in [0.15, 0.2) is 0 Å². The molecule has 1 aliphatic heterocycles. The number of methoxy groups -OCH3 is 1. The maximum Gasteiger partial charge on any atom is 0.262 e. The molecule has 0 spiro atoms. The molecular weight excluding hydrogens is 371 g/mol. The van der Waals surface area contributed by atoms with E-state index in [1.54, 1.807) is 30.2 Å². The van der Waals surface area contributed by atoms with Crippen LogP contribution in [0.2, 0.25) is 0 Å². The minimum Gasteiger partial charge on any atom is -0.496 e. The van der Waals surface area contributed by atoms with Crippen molar-refractivity contribution in [1.29, 1.82) is 0 Å². The normalized spacial score (nSPS) is 15.5. The van der Waals surface area contributed by atoms with Crippen molar-refractivity contribution in [2.75, 3.05) is 23.9 Å². The lowest BCUT2D eigenvalue weighted by molar-refractivity contribution is 0.0974. The summed E-state index contributed by atoms with van der Waals surface area (Å²) in [7, 11) is 1.58. The standard InChI is InChI=1S/C23H21FN2O3/c1-3-29-17-12-13-21(28-2)19(14-17)22-25-20-7-5-4-6-18(20)23(27)26(22)16-10-8-15(24)9-11-16/h4-14,22,25H,3H2,1-2H3. The Morgan fingerprint density at radius 3 is 2.55 bits per heavy atom. The highest BCUT2D eigenvalue weighted by molar-refractivity contribution is 6.12. The predicted molar refractivity (Wildman–Crippen MR) is 110 cm³/mol. The van der Waals surface area contributed by atoms with Crippen molar-refractivity contribution in [2.45, 2.75) is 13.1 Å². The number of halogens is 1. The lowest BCUT2D eigenvalue weighted by atomic mass is 10.0. The molecule has 0 aromatic heterocycles. The zero-order valence-corrected chi connectivity index (χ0v) is 16.2. The molecule has 29 heavy (non-hydrogen) atoms. The van der Waals surface area contributed by atoms with E-state index in [0.717, 1.165) is 11.3 Å². The molecule has 0 radical (unpaired) electrons. The van der Waals surface area contributed by atoms with Gasteiger partial charge in [-0.3, -0.25) is 9.69 Å². The van der Waals surface area contributed by atoms with Gasteiger partial charge in [-0.2, -0.15) is 0 Å². The van der Waals surface area contributed by atoms with Crippen LogP contribution in [0.25, 0.3) is 0 Å². The first-order chi connectivity index (χ1) is 14.1. The van der Waals surface area contributed by atoms with Gasteiger partial charge in [0.1, 0.15) is 23.5 Å². The van der Waals surface area contributed by atoms with Gasteiger partial charge in [0.25, 0.3) is 5.91 Å². The van der Waals surface area contributed by atoms with Gasteiger partial charge in [0, 0.05) is 16.9 Å². The van der Waals surface area contributed by atoms with E-state index in [-0.39, 0.29) is 11.7 Å². The fraction of sp³-hybridized carbons (Fsp3) is 0.174. The molecule has 0 fully saturated rings. The van der Waals surface area contributed by atoms with Crippen molar-refractivity contribution in [3.63, 3.8) is 0 Å². The summed E-state index contributed by atoms with van der Waals surface area (Å²) in [5, 5.41) is 3.43. The second-order valence-corrected chi connectivity index (χ2v) is 6.58. The molecule has 148 valence electrons. The molecule has 0 saturated heterocycles. The quantitative estimate of drug-likeness (QED) is 0.664. The van der Waals surface area contributed by atoms with Gasteiger partial charge in [0.05, 0.1) is 19.3 Å². The fourth-order valence-corrected chi connectivity index (χ4v) is 3.52. The number of rotatable bonds is 5. The van der Waals surface area contributed by atoms with Crippen LogP contribution in [0.3, 0.4) is 0 Å². The number of hydrogen-bond donors (Lipinski definition) is 1. The number of ether oxygens (including phenoxy) is 2. The third kappa shape index (κ3) is 3.49. The Kier molecular flexibility index (Phi) is 5.08. The summed E-state index contributed by atoms with van der Waals surface area (Å²) in [6, 6.07) is 18.7. The minimum atomic E-state index is -0.557. The van der Waals surface area contributed by atoms with Crippen LogP contribution >= 0.6 is 0 Å². The van der Waals surface area contributed by atoms with Crippen LogP contribution in [0.4, 0.5) is 15.8 Å². The summed E-state index contributed by atoms with van der Waals surface area (Å²) in [6.07, 6.45) is -0.557. The number of carbonyl (C=O) groups excluding carboxylic acids is 1. The van der Waals surface area contributed by atoms with Gasteiger partial charge in [0.2, 0.25) is 0 Å². The highest BCUT2D eigenvalue weighted by atomic mass is 19.1. The van der Waals surface area contributed by atoms with Crippen LogP contribution in [0.5, 0.6) is 11.5 Å². The number of fused-ring (bicyclic) bond motifs is 1. The van der Waals surface area contributed by atoms with Crippen LogP contribution < -0.4 is 19.7 Å². The fourth-order valence-electron chi connectivity index (χ4n) is 3.52. The number of hydrogen-bond acceptors (Lipinski definition) is 4. The number of benzene rings is 3. The molecule has 1 atom stereocenters. The summed E-state index contributed by atoms with van der Waals surface area (Å²) in [5.41, 5.74) is 2.59. The van der Waals surface area contributed by atoms with Gasteiger partial charge in [-0.1, -0.05) is 12.1 Å². The summed E-state index contributed by atoms with van der Waals surface area (Å²) >= 11 is 0. The van der Waals surface area contributed by atoms with Crippen LogP contribution in [-0.4, -0.2) is 19.6 Å². The molecule has 1 aliphatic rings. The summed E-state index contributed by atoms with van der Waals surface area (Å²) in [4.78, 5) is 15.0. The smallest absolute Gasteiger partial charge is 0.262 e. The Morgan fingerprint density at radius 2 is 1.83 bits per heavy atom. The molecule has 0 saturated carbocycles. The Labute approximate surface area is 168 Å². The number of para-hydroxylation sites is 1. The monoisotopic (exact) mass is 392 g/mol. The van der Waals surface area contributed by atoms with Gasteiger partial charge < -0.3 is 14.8 Å². The average Bonchev–Trinajstić information content (AvgIpc) is 2.75. The Balaban J connectivity index is 1.88. The first-order valence-corrected chi connectivity index (χ1v) is 9.37. The van der Waals surface area contributed by atoms with Crippen LogP contribution in [0.1, 0.15) is 29.0 Å². The van der Waals surface area contributed by atoms with E-state index in [1.165, 1.54) is 12.1 Å². The number of anilines is 2. The maximum atomic E-state index is 13.5. The first-order valence-electron chi connectivity index (χ1n) is 9.37. The highest BCUT2D eigenvalue weighted by Gasteiger charge is 2.35. The molecule has 3 aromatic rings. The molecule has 1 N–H and O–H groups in total. The van der Waals surface area contributed by atoms with Crippen LogP contribution in [0.15, 0.2) is 66.7 Å². The topological polar surface area (TPSA) is 50.8 Å². The Bertz CT molecular complexity index is 1040. The molecule has 3 aromatic carbocycles. The van der Waals surface area contributed by atoms with Crippen molar-refractivity contribution in [2.24, 2.45) is 0 Å². The van der Waals surface area contributed by atoms with E-state index < -0.39 is 6.17 Å². The van der Waals surface area contributed by atoms with E-state index in [9.17, 15) is 9.18 Å². The molecule has 1 amide bonds. The summed E-state index contributed by atoms with van der Waals surface area (Å²) in [5.74, 6) is 0.750. The summed E-state index contributed by atoms with van der Waals surface area (Å²) in [6.45, 7) is 2.43. The molecule has 4 rings (SSSR count). The van der Waals surface area contributed by atoms with Crippen LogP contribution in [-0.2, 0) is 0 Å². The Morgan fingerprint density at radius 1 is 1.07 bits per heavy atom. The van der Waals surface area contributed by atoms with Crippen molar-refractivity contribution in [3.05, 3.63) is 83.7 Å². The maximum absolute atomic E-state index is 13.5. The largest absolute Gasteiger partial charge is 0.496 e. The lowest BCUT2D eigenvalue weighted by Gasteiger charge is -2.38. The lowest BCUT2D eigenvalue weighted by Crippen LogP contribution is -2.43. The third-order valence-electron chi connectivity index (χ3n) is 4.84. The molecule has 6 heteroatoms. The zero-order chi connectivity index (χ0) is 20.4.